The van der Waals surface area contributed by atoms with Crippen LogP contribution < -0.4 is 5.48 Å². The predicted octanol–water partition coefficient (Wildman–Crippen LogP) is 1.69. The van der Waals surface area contributed by atoms with Gasteiger partial charge in [-0.1, -0.05) is 19.3 Å². The summed E-state index contributed by atoms with van der Waals surface area (Å²) in [6.07, 6.45) is 4.02. The van der Waals surface area contributed by atoms with E-state index in [1.807, 2.05) is 5.48 Å². The van der Waals surface area contributed by atoms with E-state index in [1.54, 1.807) is 0 Å². The highest BCUT2D eigenvalue weighted by Crippen LogP contribution is 2.25. The number of alkyl halides is 3. The second-order valence-corrected chi connectivity index (χ2v) is 4.97. The molecule has 0 unspecified atom stereocenters. The van der Waals surface area contributed by atoms with Crippen LogP contribution in [0.25, 0.3) is 0 Å². The summed E-state index contributed by atoms with van der Waals surface area (Å²) in [6.45, 7) is 0. The molecule has 0 saturated heterocycles. The summed E-state index contributed by atoms with van der Waals surface area (Å²) in [4.78, 5) is 0. The van der Waals surface area contributed by atoms with Crippen LogP contribution in [-0.4, -0.2) is 20.0 Å². The molecule has 0 aliphatic heterocycles. The van der Waals surface area contributed by atoms with E-state index in [0.717, 1.165) is 19.3 Å². The van der Waals surface area contributed by atoms with Crippen molar-refractivity contribution in [2.24, 2.45) is 0 Å². The number of hydroxylamine groups is 1. The fourth-order valence-corrected chi connectivity index (χ4v) is 1.76. The average Bonchev–Trinajstić information content (AvgIpc) is 2.15. The average molecular weight is 247 g/mol. The van der Waals surface area contributed by atoms with Gasteiger partial charge in [0, 0.05) is 6.04 Å². The zero-order chi connectivity index (χ0) is 11.5. The lowest BCUT2D eigenvalue weighted by Gasteiger charge is -2.21. The Labute approximate surface area is 85.9 Å². The van der Waals surface area contributed by atoms with Crippen LogP contribution in [0.3, 0.4) is 0 Å². The van der Waals surface area contributed by atoms with Crippen LogP contribution in [0.5, 0.6) is 0 Å². The topological polar surface area (TPSA) is 55.4 Å². The van der Waals surface area contributed by atoms with Gasteiger partial charge in [0.1, 0.15) is 0 Å². The minimum Gasteiger partial charge on any atom is -0.188 e. The van der Waals surface area contributed by atoms with Gasteiger partial charge in [-0.2, -0.15) is 31.4 Å². The van der Waals surface area contributed by atoms with Gasteiger partial charge in [0.2, 0.25) is 0 Å². The fraction of sp³-hybridized carbons (Fsp3) is 1.00. The van der Waals surface area contributed by atoms with Crippen molar-refractivity contribution >= 4 is 10.1 Å². The number of hydrogen-bond acceptors (Lipinski definition) is 4. The Kier molecular flexibility index (Phi) is 3.96. The molecule has 1 rings (SSSR count). The van der Waals surface area contributed by atoms with E-state index in [2.05, 4.69) is 4.28 Å². The van der Waals surface area contributed by atoms with Gasteiger partial charge in [0.15, 0.2) is 0 Å². The van der Waals surface area contributed by atoms with E-state index in [1.165, 1.54) is 0 Å². The van der Waals surface area contributed by atoms with Gasteiger partial charge in [-0.15, -0.1) is 0 Å². The second-order valence-electron chi connectivity index (χ2n) is 3.44. The fourth-order valence-electron chi connectivity index (χ4n) is 1.40. The quantitative estimate of drug-likeness (QED) is 0.609. The van der Waals surface area contributed by atoms with Crippen molar-refractivity contribution in [3.63, 3.8) is 0 Å². The summed E-state index contributed by atoms with van der Waals surface area (Å²) in [5, 5.41) is 0. The predicted molar refractivity (Wildman–Crippen MR) is 46.1 cm³/mol. The summed E-state index contributed by atoms with van der Waals surface area (Å²) in [5.74, 6) is 0. The molecule has 1 saturated carbocycles. The molecule has 0 aromatic carbocycles. The van der Waals surface area contributed by atoms with E-state index in [0.29, 0.717) is 12.8 Å². The molecule has 0 spiro atoms. The molecule has 1 aliphatic rings. The molecule has 90 valence electrons. The molecule has 0 aromatic heterocycles. The van der Waals surface area contributed by atoms with Crippen molar-refractivity contribution in [1.82, 2.24) is 5.48 Å². The first-order chi connectivity index (χ1) is 6.83. The third-order valence-electron chi connectivity index (χ3n) is 2.21. The zero-order valence-electron chi connectivity index (χ0n) is 7.88. The third kappa shape index (κ3) is 3.62. The normalized spacial score (nSPS) is 20.5. The molecular weight excluding hydrogens is 235 g/mol. The molecule has 1 fully saturated rings. The highest BCUT2D eigenvalue weighted by molar-refractivity contribution is 7.87. The summed E-state index contributed by atoms with van der Waals surface area (Å²) < 4.78 is 60.2. The van der Waals surface area contributed by atoms with Crippen molar-refractivity contribution in [2.75, 3.05) is 0 Å². The van der Waals surface area contributed by atoms with Crippen LogP contribution in [0.2, 0.25) is 0 Å². The Hall–Kier alpha value is -0.340. The van der Waals surface area contributed by atoms with Gasteiger partial charge >= 0.3 is 15.6 Å². The Bertz CT molecular complexity index is 295. The molecule has 1 N–H and O–H groups in total. The van der Waals surface area contributed by atoms with E-state index >= 15 is 0 Å². The summed E-state index contributed by atoms with van der Waals surface area (Å²) >= 11 is 0. The van der Waals surface area contributed by atoms with Crippen LogP contribution in [0, 0.1) is 0 Å². The van der Waals surface area contributed by atoms with Crippen LogP contribution >= 0.6 is 0 Å². The first-order valence-corrected chi connectivity index (χ1v) is 5.99. The second kappa shape index (κ2) is 4.67. The lowest BCUT2D eigenvalue weighted by molar-refractivity contribution is -0.0601. The summed E-state index contributed by atoms with van der Waals surface area (Å²) in [7, 11) is -5.51. The molecule has 8 heteroatoms. The van der Waals surface area contributed by atoms with Crippen LogP contribution in [0.1, 0.15) is 32.1 Å². The minimum atomic E-state index is -5.51. The molecule has 1 aliphatic carbocycles. The van der Waals surface area contributed by atoms with Gasteiger partial charge < -0.3 is 0 Å². The molecule has 0 radical (unpaired) electrons. The smallest absolute Gasteiger partial charge is 0.188 e. The molecule has 0 atom stereocenters. The minimum absolute atomic E-state index is 0.309. The molecular formula is C7H12F3NO3S. The summed E-state index contributed by atoms with van der Waals surface area (Å²) in [6, 6.07) is -0.309. The zero-order valence-corrected chi connectivity index (χ0v) is 8.70. The molecule has 0 amide bonds. The molecule has 0 aromatic rings. The maximum Gasteiger partial charge on any atom is 0.524 e. The SMILES string of the molecule is O=S(=O)(ONC1CCCCC1)C(F)(F)F. The number of nitrogens with one attached hydrogen (secondary N) is 1. The molecule has 15 heavy (non-hydrogen) atoms. The van der Waals surface area contributed by atoms with Crippen LogP contribution in [-0.2, 0) is 14.4 Å². The Morgan fingerprint density at radius 3 is 2.13 bits per heavy atom. The maximum absolute atomic E-state index is 11.8. The standard InChI is InChI=1S/C7H12F3NO3S/c8-7(9,10)15(12,13)14-11-6-4-2-1-3-5-6/h6,11H,1-5H2. The van der Waals surface area contributed by atoms with Crippen LogP contribution in [0.4, 0.5) is 13.2 Å². The van der Waals surface area contributed by atoms with Crippen molar-refractivity contribution < 1.29 is 25.9 Å². The van der Waals surface area contributed by atoms with Gasteiger partial charge in [-0.3, -0.25) is 0 Å². The lowest BCUT2D eigenvalue weighted by Crippen LogP contribution is -2.37. The first-order valence-electron chi connectivity index (χ1n) is 4.58. The monoisotopic (exact) mass is 247 g/mol. The van der Waals surface area contributed by atoms with Crippen molar-refractivity contribution in [2.45, 2.75) is 43.7 Å². The highest BCUT2D eigenvalue weighted by atomic mass is 32.2. The Morgan fingerprint density at radius 2 is 1.67 bits per heavy atom. The van der Waals surface area contributed by atoms with Crippen molar-refractivity contribution in [3.05, 3.63) is 0 Å². The van der Waals surface area contributed by atoms with E-state index in [4.69, 9.17) is 0 Å². The third-order valence-corrected chi connectivity index (χ3v) is 3.10. The van der Waals surface area contributed by atoms with Gasteiger partial charge in [-0.25, -0.2) is 0 Å². The molecule has 0 bridgehead atoms. The van der Waals surface area contributed by atoms with Gasteiger partial charge in [0.25, 0.3) is 0 Å². The molecule has 4 nitrogen and oxygen atoms in total. The number of halogens is 3. The van der Waals surface area contributed by atoms with E-state index in [-0.39, 0.29) is 6.04 Å². The molecule has 0 heterocycles. The van der Waals surface area contributed by atoms with E-state index in [9.17, 15) is 21.6 Å². The van der Waals surface area contributed by atoms with Crippen molar-refractivity contribution in [3.8, 4) is 0 Å². The van der Waals surface area contributed by atoms with Gasteiger partial charge in [-0.05, 0) is 12.8 Å². The van der Waals surface area contributed by atoms with E-state index < -0.39 is 15.6 Å². The van der Waals surface area contributed by atoms with Gasteiger partial charge in [0.05, 0.1) is 0 Å². The number of rotatable bonds is 3. The van der Waals surface area contributed by atoms with Crippen LogP contribution in [0.15, 0.2) is 0 Å². The summed E-state index contributed by atoms with van der Waals surface area (Å²) in [5.41, 5.74) is -3.41. The first kappa shape index (κ1) is 12.7. The van der Waals surface area contributed by atoms with Crippen molar-refractivity contribution in [1.29, 1.82) is 0 Å². The lowest BCUT2D eigenvalue weighted by atomic mass is 9.96. The highest BCUT2D eigenvalue weighted by Gasteiger charge is 2.48. The Balaban J connectivity index is 2.42. The maximum atomic E-state index is 11.8. The Morgan fingerprint density at radius 1 is 1.13 bits per heavy atom. The largest absolute Gasteiger partial charge is 0.524 e. The number of hydrogen-bond donors (Lipinski definition) is 1.